The van der Waals surface area contributed by atoms with E-state index in [9.17, 15) is 4.79 Å². The number of likely N-dealkylation sites (tertiary alicyclic amines) is 1. The lowest BCUT2D eigenvalue weighted by atomic mass is 9.97. The Morgan fingerprint density at radius 3 is 2.69 bits per heavy atom. The predicted molar refractivity (Wildman–Crippen MR) is 104 cm³/mol. The van der Waals surface area contributed by atoms with Gasteiger partial charge in [-0.25, -0.2) is 0 Å². The quantitative estimate of drug-likeness (QED) is 0.896. The van der Waals surface area contributed by atoms with Crippen LogP contribution in [0.25, 0.3) is 11.1 Å². The first-order chi connectivity index (χ1) is 12.6. The zero-order valence-corrected chi connectivity index (χ0v) is 15.5. The summed E-state index contributed by atoms with van der Waals surface area (Å²) in [6.07, 6.45) is 2.51. The minimum atomic E-state index is -0.0378. The van der Waals surface area contributed by atoms with Gasteiger partial charge in [-0.3, -0.25) is 9.69 Å². The molecular formula is C22H25N3O. The highest BCUT2D eigenvalue weighted by Gasteiger charge is 2.18. The lowest BCUT2D eigenvalue weighted by Crippen LogP contribution is -2.40. The number of benzene rings is 2. The van der Waals surface area contributed by atoms with Gasteiger partial charge >= 0.3 is 0 Å². The highest BCUT2D eigenvalue weighted by Crippen LogP contribution is 2.25. The molecule has 1 atom stereocenters. The van der Waals surface area contributed by atoms with E-state index in [4.69, 9.17) is 5.26 Å². The summed E-state index contributed by atoms with van der Waals surface area (Å²) in [5, 5.41) is 12.1. The maximum atomic E-state index is 12.6. The maximum absolute atomic E-state index is 12.6. The molecule has 4 heteroatoms. The Kier molecular flexibility index (Phi) is 5.70. The monoisotopic (exact) mass is 347 g/mol. The van der Waals surface area contributed by atoms with E-state index in [-0.39, 0.29) is 5.91 Å². The molecule has 1 amide bonds. The summed E-state index contributed by atoms with van der Waals surface area (Å²) in [7, 11) is 0. The van der Waals surface area contributed by atoms with Gasteiger partial charge in [0.1, 0.15) is 0 Å². The normalized spacial score (nSPS) is 15.4. The van der Waals surface area contributed by atoms with Crippen LogP contribution in [-0.4, -0.2) is 36.5 Å². The topological polar surface area (TPSA) is 56.1 Å². The fourth-order valence-corrected chi connectivity index (χ4v) is 3.54. The van der Waals surface area contributed by atoms with E-state index in [1.165, 1.54) is 12.8 Å². The molecule has 1 N–H and O–H groups in total. The largest absolute Gasteiger partial charge is 0.350 e. The van der Waals surface area contributed by atoms with Crippen molar-refractivity contribution in [2.24, 2.45) is 0 Å². The molecule has 1 fully saturated rings. The number of hydrogen-bond donors (Lipinski definition) is 1. The SMILES string of the molecule is Cc1cc(C#N)ccc1-c1cccc(C(=O)NCC(C)N2CCCC2)c1. The van der Waals surface area contributed by atoms with Crippen molar-refractivity contribution in [2.75, 3.05) is 19.6 Å². The van der Waals surface area contributed by atoms with Crippen molar-refractivity contribution in [3.8, 4) is 17.2 Å². The molecule has 2 aromatic rings. The smallest absolute Gasteiger partial charge is 0.251 e. The molecule has 1 saturated heterocycles. The Morgan fingerprint density at radius 2 is 2.00 bits per heavy atom. The fourth-order valence-electron chi connectivity index (χ4n) is 3.54. The Labute approximate surface area is 155 Å². The molecule has 0 radical (unpaired) electrons. The first-order valence-electron chi connectivity index (χ1n) is 9.22. The molecule has 134 valence electrons. The van der Waals surface area contributed by atoms with Crippen LogP contribution in [0.5, 0.6) is 0 Å². The average Bonchev–Trinajstić information content (AvgIpc) is 3.20. The minimum absolute atomic E-state index is 0.0378. The molecule has 1 aliphatic heterocycles. The number of aryl methyl sites for hydroxylation is 1. The van der Waals surface area contributed by atoms with Crippen molar-refractivity contribution in [1.82, 2.24) is 10.2 Å². The standard InChI is InChI=1S/C22H25N3O/c1-16-12-18(14-23)8-9-21(16)19-6-5-7-20(13-19)22(26)24-15-17(2)25-10-3-4-11-25/h5-9,12-13,17H,3-4,10-11,15H2,1-2H3,(H,24,26). The number of carbonyl (C=O) groups is 1. The molecule has 0 aromatic heterocycles. The summed E-state index contributed by atoms with van der Waals surface area (Å²) in [5.41, 5.74) is 4.39. The van der Waals surface area contributed by atoms with Crippen LogP contribution in [0.2, 0.25) is 0 Å². The first kappa shape index (κ1) is 18.2. The minimum Gasteiger partial charge on any atom is -0.350 e. The van der Waals surface area contributed by atoms with E-state index in [1.807, 2.05) is 49.4 Å². The van der Waals surface area contributed by atoms with E-state index in [0.29, 0.717) is 23.7 Å². The molecule has 0 bridgehead atoms. The van der Waals surface area contributed by atoms with Gasteiger partial charge in [-0.05, 0) is 80.7 Å². The van der Waals surface area contributed by atoms with Crippen LogP contribution in [0.15, 0.2) is 42.5 Å². The first-order valence-corrected chi connectivity index (χ1v) is 9.22. The molecule has 0 spiro atoms. The molecule has 1 heterocycles. The summed E-state index contributed by atoms with van der Waals surface area (Å²) in [6.45, 7) is 7.08. The van der Waals surface area contributed by atoms with Crippen LogP contribution in [0, 0.1) is 18.3 Å². The third-order valence-electron chi connectivity index (χ3n) is 5.11. The van der Waals surface area contributed by atoms with Gasteiger partial charge in [-0.2, -0.15) is 5.26 Å². The van der Waals surface area contributed by atoms with Crippen LogP contribution in [0.4, 0.5) is 0 Å². The number of hydrogen-bond acceptors (Lipinski definition) is 3. The zero-order valence-electron chi connectivity index (χ0n) is 15.5. The second kappa shape index (κ2) is 8.16. The van der Waals surface area contributed by atoms with Crippen molar-refractivity contribution in [1.29, 1.82) is 5.26 Å². The summed E-state index contributed by atoms with van der Waals surface area (Å²) < 4.78 is 0. The van der Waals surface area contributed by atoms with Gasteiger partial charge in [0.25, 0.3) is 5.91 Å². The van der Waals surface area contributed by atoms with E-state index in [0.717, 1.165) is 29.8 Å². The Morgan fingerprint density at radius 1 is 1.23 bits per heavy atom. The van der Waals surface area contributed by atoms with Crippen LogP contribution in [0.3, 0.4) is 0 Å². The molecule has 1 unspecified atom stereocenters. The Hall–Kier alpha value is -2.64. The summed E-state index contributed by atoms with van der Waals surface area (Å²) in [4.78, 5) is 15.0. The van der Waals surface area contributed by atoms with Gasteiger partial charge in [0.15, 0.2) is 0 Å². The summed E-state index contributed by atoms with van der Waals surface area (Å²) in [6, 6.07) is 15.8. The molecule has 26 heavy (non-hydrogen) atoms. The number of rotatable bonds is 5. The van der Waals surface area contributed by atoms with Crippen LogP contribution in [-0.2, 0) is 0 Å². The third kappa shape index (κ3) is 4.12. The zero-order chi connectivity index (χ0) is 18.5. The fraction of sp³-hybridized carbons (Fsp3) is 0.364. The van der Waals surface area contributed by atoms with E-state index < -0.39 is 0 Å². The van der Waals surface area contributed by atoms with E-state index in [1.54, 1.807) is 0 Å². The summed E-state index contributed by atoms with van der Waals surface area (Å²) in [5.74, 6) is -0.0378. The van der Waals surface area contributed by atoms with Crippen LogP contribution in [0.1, 0.15) is 41.3 Å². The molecule has 2 aromatic carbocycles. The lowest BCUT2D eigenvalue weighted by Gasteiger charge is -2.23. The van der Waals surface area contributed by atoms with Crippen LogP contribution < -0.4 is 5.32 Å². The van der Waals surface area contributed by atoms with E-state index in [2.05, 4.69) is 23.2 Å². The number of nitriles is 1. The lowest BCUT2D eigenvalue weighted by molar-refractivity contribution is 0.0940. The predicted octanol–water partition coefficient (Wildman–Crippen LogP) is 3.75. The number of nitrogens with zero attached hydrogens (tertiary/aromatic N) is 2. The van der Waals surface area contributed by atoms with Gasteiger partial charge in [-0.1, -0.05) is 18.2 Å². The number of carbonyl (C=O) groups excluding carboxylic acids is 1. The van der Waals surface area contributed by atoms with Crippen molar-refractivity contribution in [3.63, 3.8) is 0 Å². The van der Waals surface area contributed by atoms with Crippen molar-refractivity contribution < 1.29 is 4.79 Å². The molecule has 3 rings (SSSR count). The highest BCUT2D eigenvalue weighted by molar-refractivity contribution is 5.95. The Bertz CT molecular complexity index is 832. The Balaban J connectivity index is 1.70. The number of amides is 1. The van der Waals surface area contributed by atoms with Crippen LogP contribution >= 0.6 is 0 Å². The maximum Gasteiger partial charge on any atom is 0.251 e. The number of nitrogens with one attached hydrogen (secondary N) is 1. The molecule has 0 saturated carbocycles. The van der Waals surface area contributed by atoms with Gasteiger partial charge in [-0.15, -0.1) is 0 Å². The molecule has 4 nitrogen and oxygen atoms in total. The molecule has 0 aliphatic carbocycles. The van der Waals surface area contributed by atoms with Crippen molar-refractivity contribution in [2.45, 2.75) is 32.7 Å². The molecule has 1 aliphatic rings. The second-order valence-electron chi connectivity index (χ2n) is 7.02. The van der Waals surface area contributed by atoms with Gasteiger partial charge in [0.2, 0.25) is 0 Å². The summed E-state index contributed by atoms with van der Waals surface area (Å²) >= 11 is 0. The second-order valence-corrected chi connectivity index (χ2v) is 7.02. The average molecular weight is 347 g/mol. The van der Waals surface area contributed by atoms with E-state index >= 15 is 0 Å². The molecular weight excluding hydrogens is 322 g/mol. The van der Waals surface area contributed by atoms with Gasteiger partial charge < -0.3 is 5.32 Å². The third-order valence-corrected chi connectivity index (χ3v) is 5.11. The highest BCUT2D eigenvalue weighted by atomic mass is 16.1. The van der Waals surface area contributed by atoms with Gasteiger partial charge in [0.05, 0.1) is 11.6 Å². The van der Waals surface area contributed by atoms with Crippen molar-refractivity contribution in [3.05, 3.63) is 59.2 Å². The van der Waals surface area contributed by atoms with Gasteiger partial charge in [0, 0.05) is 18.2 Å². The van der Waals surface area contributed by atoms with Crippen molar-refractivity contribution >= 4 is 5.91 Å².